The van der Waals surface area contributed by atoms with Gasteiger partial charge in [0.1, 0.15) is 11.5 Å². The van der Waals surface area contributed by atoms with Gasteiger partial charge in [0.25, 0.3) is 0 Å². The lowest BCUT2D eigenvalue weighted by atomic mass is 9.94. The summed E-state index contributed by atoms with van der Waals surface area (Å²) < 4.78 is 23.9. The van der Waals surface area contributed by atoms with E-state index in [0.29, 0.717) is 32.2 Å². The molecule has 0 saturated carbocycles. The number of benzene rings is 1. The highest BCUT2D eigenvalue weighted by Crippen LogP contribution is 2.26. The van der Waals surface area contributed by atoms with Crippen LogP contribution in [0, 0.1) is 11.8 Å². The van der Waals surface area contributed by atoms with Crippen molar-refractivity contribution in [3.63, 3.8) is 0 Å². The maximum atomic E-state index is 13.2. The third-order valence-electron chi connectivity index (χ3n) is 14.6. The number of ether oxygens (including phenoxy) is 4. The number of rotatable bonds is 55. The van der Waals surface area contributed by atoms with Gasteiger partial charge in [0.05, 0.1) is 44.9 Å². The van der Waals surface area contributed by atoms with Crippen LogP contribution in [-0.2, 0) is 25.7 Å². The minimum absolute atomic E-state index is 0.0318. The maximum absolute atomic E-state index is 13.2. The van der Waals surface area contributed by atoms with Crippen molar-refractivity contribution in [3.05, 3.63) is 23.8 Å². The summed E-state index contributed by atoms with van der Waals surface area (Å²) in [6.07, 6.45) is 52.9. The Morgan fingerprint density at radius 1 is 0.371 bits per heavy atom. The zero-order valence-electron chi connectivity index (χ0n) is 46.9. The van der Waals surface area contributed by atoms with Crippen LogP contribution in [0.2, 0.25) is 0 Å². The first-order chi connectivity index (χ1) is 34.5. The highest BCUT2D eigenvalue weighted by atomic mass is 16.5. The summed E-state index contributed by atoms with van der Waals surface area (Å²) in [6.45, 7) is 11.2. The van der Waals surface area contributed by atoms with Crippen molar-refractivity contribution in [2.45, 2.75) is 317 Å². The molecule has 0 atom stereocenters. The normalized spacial score (nSPS) is 11.5. The Bertz CT molecular complexity index is 1230. The Labute approximate surface area is 434 Å². The molecule has 0 unspecified atom stereocenters. The molecule has 1 aromatic carbocycles. The Hall–Kier alpha value is -2.28. The van der Waals surface area contributed by atoms with Crippen molar-refractivity contribution in [2.24, 2.45) is 11.8 Å². The fourth-order valence-electron chi connectivity index (χ4n) is 9.84. The van der Waals surface area contributed by atoms with Gasteiger partial charge in [0.2, 0.25) is 0 Å². The molecular formula is C63H116O7. The van der Waals surface area contributed by atoms with Gasteiger partial charge in [0, 0.05) is 5.56 Å². The third-order valence-corrected chi connectivity index (χ3v) is 14.6. The van der Waals surface area contributed by atoms with Crippen LogP contribution >= 0.6 is 0 Å². The molecule has 7 heteroatoms. The molecule has 0 aliphatic heterocycles. The standard InChI is InChI=1S/C63H116O7/c1-5-9-13-17-21-25-29-37-45-57(46-38-30-26-22-18-14-10-6-2)62(65)69-53-43-35-33-41-51-67-60-49-50-61(59(55-60)56-64)68-52-42-34-36-44-54-70-63(66)58(47-39-31-27-23-19-15-11-7-3)48-40-32-28-24-20-16-12-8-4/h49-50,55,57-58,64H,5-48,51-54,56H2,1-4H3. The third kappa shape index (κ3) is 40.2. The molecular weight excluding hydrogens is 869 g/mol. The van der Waals surface area contributed by atoms with Gasteiger partial charge < -0.3 is 24.1 Å². The van der Waals surface area contributed by atoms with Crippen LogP contribution in [0.4, 0.5) is 0 Å². The van der Waals surface area contributed by atoms with Gasteiger partial charge >= 0.3 is 11.9 Å². The minimum atomic E-state index is -0.102. The van der Waals surface area contributed by atoms with E-state index < -0.39 is 0 Å². The summed E-state index contributed by atoms with van der Waals surface area (Å²) in [5.74, 6) is 1.64. The highest BCUT2D eigenvalue weighted by molar-refractivity contribution is 5.72. The number of hydrogen-bond donors (Lipinski definition) is 1. The van der Waals surface area contributed by atoms with Crippen molar-refractivity contribution in [3.8, 4) is 11.5 Å². The molecule has 0 spiro atoms. The lowest BCUT2D eigenvalue weighted by molar-refractivity contribution is -0.150. The lowest BCUT2D eigenvalue weighted by Crippen LogP contribution is -2.18. The maximum Gasteiger partial charge on any atom is 0.308 e. The van der Waals surface area contributed by atoms with Crippen molar-refractivity contribution < 1.29 is 33.6 Å². The van der Waals surface area contributed by atoms with E-state index in [2.05, 4.69) is 27.7 Å². The number of unbranched alkanes of at least 4 members (excludes halogenated alkanes) is 34. The molecule has 0 fully saturated rings. The van der Waals surface area contributed by atoms with E-state index >= 15 is 0 Å². The van der Waals surface area contributed by atoms with Crippen LogP contribution in [0.25, 0.3) is 0 Å². The van der Waals surface area contributed by atoms with Crippen molar-refractivity contribution in [2.75, 3.05) is 26.4 Å². The van der Waals surface area contributed by atoms with Crippen LogP contribution in [0.15, 0.2) is 18.2 Å². The van der Waals surface area contributed by atoms with E-state index in [1.54, 1.807) is 0 Å². The number of carbonyl (C=O) groups excluding carboxylic acids is 2. The van der Waals surface area contributed by atoms with E-state index in [-0.39, 0.29) is 30.4 Å². The number of aliphatic hydroxyl groups excluding tert-OH is 1. The SMILES string of the molecule is CCCCCCCCCCC(CCCCCCCCCC)C(=O)OCCCCCCOc1ccc(OCCCCCCOC(=O)C(CCCCCCCCCC)CCCCCCCCCC)c(CO)c1. The molecule has 0 aliphatic carbocycles. The van der Waals surface area contributed by atoms with E-state index in [1.165, 1.54) is 180 Å². The molecule has 1 rings (SSSR count). The van der Waals surface area contributed by atoms with Gasteiger partial charge in [-0.25, -0.2) is 0 Å². The first kappa shape index (κ1) is 65.7. The fraction of sp³-hybridized carbons (Fsp3) is 0.873. The smallest absolute Gasteiger partial charge is 0.308 e. The molecule has 70 heavy (non-hydrogen) atoms. The summed E-state index contributed by atoms with van der Waals surface area (Å²) in [5.41, 5.74) is 0.739. The largest absolute Gasteiger partial charge is 0.494 e. The predicted octanol–water partition coefficient (Wildman–Crippen LogP) is 19.5. The van der Waals surface area contributed by atoms with Gasteiger partial charge in [-0.3, -0.25) is 9.59 Å². The molecule has 7 nitrogen and oxygen atoms in total. The number of carbonyl (C=O) groups is 2. The molecule has 0 saturated heterocycles. The molecule has 0 aromatic heterocycles. The second-order valence-electron chi connectivity index (χ2n) is 21.2. The molecule has 410 valence electrons. The topological polar surface area (TPSA) is 91.3 Å². The Kier molecular flexibility index (Phi) is 48.5. The highest BCUT2D eigenvalue weighted by Gasteiger charge is 2.21. The van der Waals surface area contributed by atoms with Crippen molar-refractivity contribution in [1.82, 2.24) is 0 Å². The van der Waals surface area contributed by atoms with Crippen LogP contribution < -0.4 is 9.47 Å². The summed E-state index contributed by atoms with van der Waals surface area (Å²) >= 11 is 0. The molecule has 0 aliphatic rings. The molecule has 0 heterocycles. The monoisotopic (exact) mass is 985 g/mol. The first-order valence-corrected chi connectivity index (χ1v) is 30.8. The molecule has 0 amide bonds. The number of hydrogen-bond acceptors (Lipinski definition) is 7. The summed E-state index contributed by atoms with van der Waals surface area (Å²) in [5, 5.41) is 10.1. The zero-order chi connectivity index (χ0) is 50.6. The quantitative estimate of drug-likeness (QED) is 0.0513. The average molecular weight is 986 g/mol. The summed E-state index contributed by atoms with van der Waals surface area (Å²) in [6, 6.07) is 5.72. The summed E-state index contributed by atoms with van der Waals surface area (Å²) in [7, 11) is 0. The Balaban J connectivity index is 2.31. The predicted molar refractivity (Wildman–Crippen MR) is 298 cm³/mol. The van der Waals surface area contributed by atoms with Gasteiger partial charge in [-0.2, -0.15) is 0 Å². The lowest BCUT2D eigenvalue weighted by Gasteiger charge is -2.16. The number of esters is 2. The van der Waals surface area contributed by atoms with Crippen molar-refractivity contribution >= 4 is 11.9 Å². The van der Waals surface area contributed by atoms with Gasteiger partial charge in [0.15, 0.2) is 0 Å². The van der Waals surface area contributed by atoms with Crippen LogP contribution in [-0.4, -0.2) is 43.5 Å². The number of aliphatic hydroxyl groups is 1. The van der Waals surface area contributed by atoms with Crippen molar-refractivity contribution in [1.29, 1.82) is 0 Å². The second kappa shape index (κ2) is 51.6. The zero-order valence-corrected chi connectivity index (χ0v) is 46.9. The average Bonchev–Trinajstić information content (AvgIpc) is 3.37. The molecule has 1 N–H and O–H groups in total. The Morgan fingerprint density at radius 2 is 0.657 bits per heavy atom. The van der Waals surface area contributed by atoms with E-state index in [0.717, 1.165) is 114 Å². The van der Waals surface area contributed by atoms with Gasteiger partial charge in [-0.05, 0) is 95.2 Å². The second-order valence-corrected chi connectivity index (χ2v) is 21.2. The first-order valence-electron chi connectivity index (χ1n) is 30.8. The fourth-order valence-corrected chi connectivity index (χ4v) is 9.84. The minimum Gasteiger partial charge on any atom is -0.494 e. The molecule has 0 bridgehead atoms. The van der Waals surface area contributed by atoms with Crippen LogP contribution in [0.3, 0.4) is 0 Å². The van der Waals surface area contributed by atoms with Gasteiger partial charge in [-0.15, -0.1) is 0 Å². The molecule has 0 radical (unpaired) electrons. The van der Waals surface area contributed by atoms with Crippen LogP contribution in [0.5, 0.6) is 11.5 Å². The van der Waals surface area contributed by atoms with Crippen LogP contribution in [0.1, 0.15) is 316 Å². The Morgan fingerprint density at radius 3 is 0.986 bits per heavy atom. The molecule has 1 aromatic rings. The van der Waals surface area contributed by atoms with Gasteiger partial charge in [-0.1, -0.05) is 233 Å². The summed E-state index contributed by atoms with van der Waals surface area (Å²) in [4.78, 5) is 26.4. The van der Waals surface area contributed by atoms with E-state index in [4.69, 9.17) is 18.9 Å². The van der Waals surface area contributed by atoms with E-state index in [9.17, 15) is 14.7 Å². The van der Waals surface area contributed by atoms with E-state index in [1.807, 2.05) is 18.2 Å².